The van der Waals surface area contributed by atoms with Gasteiger partial charge in [-0.15, -0.1) is 0 Å². The maximum atomic E-state index is 4.16. The Morgan fingerprint density at radius 3 is 0.733 bits per heavy atom. The van der Waals surface area contributed by atoms with Gasteiger partial charge in [-0.1, -0.05) is 0 Å². The van der Waals surface area contributed by atoms with Crippen LogP contribution in [0.25, 0.3) is 0 Å². The molecule has 0 aliphatic carbocycles. The zero-order chi connectivity index (χ0) is 12.0. The van der Waals surface area contributed by atoms with Gasteiger partial charge < -0.3 is 0 Å². The fourth-order valence-corrected chi connectivity index (χ4v) is 9.06. The van der Waals surface area contributed by atoms with Crippen molar-refractivity contribution in [1.82, 2.24) is 0 Å². The molecule has 0 aliphatic heterocycles. The Bertz CT molecular complexity index is 169. The van der Waals surface area contributed by atoms with E-state index in [4.69, 9.17) is 0 Å². The van der Waals surface area contributed by atoms with Crippen molar-refractivity contribution >= 4 is 21.5 Å². The van der Waals surface area contributed by atoms with Gasteiger partial charge in [0.1, 0.15) is 15.5 Å². The topological polar surface area (TPSA) is 0 Å². The van der Waals surface area contributed by atoms with Crippen LogP contribution in [0.15, 0.2) is 0 Å². The predicted octanol–water partition coefficient (Wildman–Crippen LogP) is 5.71. The molecule has 0 aromatic carbocycles. The van der Waals surface area contributed by atoms with E-state index in [2.05, 4.69) is 77.8 Å². The zero-order valence-corrected chi connectivity index (χ0v) is 15.7. The monoisotopic (exact) mass is 387 g/mol. The minimum Gasteiger partial charge on any atom is -0.0251 e. The zero-order valence-electron chi connectivity index (χ0n) is 11.6. The van der Waals surface area contributed by atoms with E-state index in [9.17, 15) is 0 Å². The van der Waals surface area contributed by atoms with Crippen molar-refractivity contribution in [1.29, 1.82) is 0 Å². The average Bonchev–Trinajstić information content (AvgIpc) is 1.77. The summed E-state index contributed by atoms with van der Waals surface area (Å²) in [6, 6.07) is 0. The molecule has 0 fully saturated rings. The van der Waals surface area contributed by atoms with Gasteiger partial charge in [0.25, 0.3) is 0 Å². The second-order valence-electron chi connectivity index (χ2n) is 7.10. The van der Waals surface area contributed by atoms with Crippen LogP contribution in [0.2, 0.25) is 0 Å². The van der Waals surface area contributed by atoms with Crippen LogP contribution in [0.1, 0.15) is 62.3 Å². The molecule has 0 radical (unpaired) electrons. The third-order valence-corrected chi connectivity index (χ3v) is 17.9. The molecule has 0 heterocycles. The van der Waals surface area contributed by atoms with Gasteiger partial charge in [0.05, 0.1) is 21.4 Å². The van der Waals surface area contributed by atoms with Crippen molar-refractivity contribution in [2.24, 2.45) is 0 Å². The van der Waals surface area contributed by atoms with Crippen LogP contribution < -0.4 is 0 Å². The molecule has 0 rings (SSSR count). The van der Waals surface area contributed by atoms with E-state index in [1.54, 1.807) is 0 Å². The SMILES string of the molecule is CC(C)(C)[P+](Br)(C(C)(C)C)C(C)(C)C.[Pd]. The van der Waals surface area contributed by atoms with Crippen LogP contribution in [0.4, 0.5) is 0 Å². The van der Waals surface area contributed by atoms with Crippen molar-refractivity contribution in [3.05, 3.63) is 0 Å². The first-order valence-electron chi connectivity index (χ1n) is 5.34. The van der Waals surface area contributed by atoms with Gasteiger partial charge in [-0.2, -0.15) is 0 Å². The summed E-state index contributed by atoms with van der Waals surface area (Å²) in [6.07, 6.45) is 0. The number of hydrogen-bond acceptors (Lipinski definition) is 0. The second-order valence-corrected chi connectivity index (χ2v) is 15.5. The molecule has 0 amide bonds. The van der Waals surface area contributed by atoms with Gasteiger partial charge in [-0.3, -0.25) is 0 Å². The van der Waals surface area contributed by atoms with E-state index in [1.165, 1.54) is 0 Å². The first kappa shape index (κ1) is 18.9. The number of rotatable bonds is 0. The molecular weight excluding hydrogens is 361 g/mol. The summed E-state index contributed by atoms with van der Waals surface area (Å²) < 4.78 is 0. The van der Waals surface area contributed by atoms with Crippen molar-refractivity contribution in [3.63, 3.8) is 0 Å². The van der Waals surface area contributed by atoms with Crippen LogP contribution in [0.5, 0.6) is 0 Å². The maximum absolute atomic E-state index is 4.16. The molecule has 0 aromatic rings. The Hall–Kier alpha value is 1.57. The molecule has 15 heavy (non-hydrogen) atoms. The maximum Gasteiger partial charge on any atom is 0.140 e. The molecule has 0 spiro atoms. The van der Waals surface area contributed by atoms with E-state index in [0.29, 0.717) is 15.5 Å². The standard InChI is InChI=1S/C12H27BrP.Pd/c1-10(2,3)14(13,11(4,5)6)12(7,8)9;/h1-9H3;/q+1;. The summed E-state index contributed by atoms with van der Waals surface area (Å²) in [5.74, 6) is -1.21. The third-order valence-electron chi connectivity index (χ3n) is 2.77. The summed E-state index contributed by atoms with van der Waals surface area (Å²) >= 11 is 4.16. The largest absolute Gasteiger partial charge is 0.140 e. The Labute approximate surface area is 119 Å². The van der Waals surface area contributed by atoms with Gasteiger partial charge in [0.2, 0.25) is 0 Å². The Balaban J connectivity index is 0. The summed E-state index contributed by atoms with van der Waals surface area (Å²) in [4.78, 5) is 0. The fourth-order valence-electron chi connectivity index (χ4n) is 3.02. The van der Waals surface area contributed by atoms with Gasteiger partial charge >= 0.3 is 0 Å². The fraction of sp³-hybridized carbons (Fsp3) is 1.00. The Kier molecular flexibility index (Phi) is 6.38. The van der Waals surface area contributed by atoms with Gasteiger partial charge in [-0.25, -0.2) is 0 Å². The molecule has 0 atom stereocenters. The summed E-state index contributed by atoms with van der Waals surface area (Å²) in [5, 5.41) is 1.05. The normalized spacial score (nSPS) is 14.8. The van der Waals surface area contributed by atoms with Crippen LogP contribution >= 0.6 is 21.5 Å². The van der Waals surface area contributed by atoms with Crippen LogP contribution in [0.3, 0.4) is 0 Å². The number of hydrogen-bond donors (Lipinski definition) is 0. The smallest absolute Gasteiger partial charge is 0.0251 e. The molecule has 0 aromatic heterocycles. The molecular formula is C12H27BrPPd+. The molecule has 96 valence electrons. The molecule has 3 heteroatoms. The average molecular weight is 389 g/mol. The summed E-state index contributed by atoms with van der Waals surface area (Å²) in [5.41, 5.74) is 0. The van der Waals surface area contributed by atoms with Crippen molar-refractivity contribution < 1.29 is 20.4 Å². The van der Waals surface area contributed by atoms with E-state index >= 15 is 0 Å². The first-order chi connectivity index (χ1) is 5.75. The summed E-state index contributed by atoms with van der Waals surface area (Å²) in [6.45, 7) is 21.3. The molecule has 0 unspecified atom stereocenters. The minimum atomic E-state index is -1.21. The van der Waals surface area contributed by atoms with Crippen LogP contribution in [0, 0.1) is 0 Å². The van der Waals surface area contributed by atoms with E-state index in [1.807, 2.05) is 0 Å². The van der Waals surface area contributed by atoms with Gasteiger partial charge in [0.15, 0.2) is 0 Å². The van der Waals surface area contributed by atoms with Crippen molar-refractivity contribution in [3.8, 4) is 0 Å². The molecule has 0 N–H and O–H groups in total. The molecule has 0 aliphatic rings. The Morgan fingerprint density at radius 1 is 0.600 bits per heavy atom. The molecule has 0 nitrogen and oxygen atoms in total. The van der Waals surface area contributed by atoms with Crippen LogP contribution in [-0.4, -0.2) is 15.5 Å². The van der Waals surface area contributed by atoms with Crippen molar-refractivity contribution in [2.45, 2.75) is 77.8 Å². The molecule has 0 saturated carbocycles. The molecule has 0 bridgehead atoms. The van der Waals surface area contributed by atoms with Crippen molar-refractivity contribution in [2.75, 3.05) is 0 Å². The third kappa shape index (κ3) is 3.51. The Morgan fingerprint density at radius 2 is 0.733 bits per heavy atom. The first-order valence-corrected chi connectivity index (χ1v) is 9.15. The predicted molar refractivity (Wildman–Crippen MR) is 75.1 cm³/mol. The molecule has 0 saturated heterocycles. The second kappa shape index (κ2) is 5.06. The quantitative estimate of drug-likeness (QED) is 0.368. The summed E-state index contributed by atoms with van der Waals surface area (Å²) in [7, 11) is 0. The van der Waals surface area contributed by atoms with Gasteiger partial charge in [-0.05, 0) is 62.3 Å². The van der Waals surface area contributed by atoms with E-state index in [-0.39, 0.29) is 20.4 Å². The van der Waals surface area contributed by atoms with Crippen LogP contribution in [-0.2, 0) is 20.4 Å². The van der Waals surface area contributed by atoms with Gasteiger partial charge in [0, 0.05) is 20.4 Å². The minimum absolute atomic E-state index is 0. The van der Waals surface area contributed by atoms with E-state index in [0.717, 1.165) is 0 Å². The van der Waals surface area contributed by atoms with E-state index < -0.39 is 5.96 Å². The number of halogens is 1.